The molecule has 4 rings (SSSR count). The van der Waals surface area contributed by atoms with Crippen LogP contribution < -0.4 is 4.90 Å². The largest absolute Gasteiger partial charge is 0.416 e. The fraction of sp³-hybridized carbons (Fsp3) is 0.476. The highest BCUT2D eigenvalue weighted by molar-refractivity contribution is 6.07. The summed E-state index contributed by atoms with van der Waals surface area (Å²) in [6.45, 7) is 0.276. The van der Waals surface area contributed by atoms with Crippen LogP contribution in [-0.4, -0.2) is 65.2 Å². The number of nitro groups is 1. The molecule has 0 spiro atoms. The van der Waals surface area contributed by atoms with Crippen LogP contribution in [0.25, 0.3) is 0 Å². The van der Waals surface area contributed by atoms with Gasteiger partial charge in [-0.3, -0.25) is 29.4 Å². The van der Waals surface area contributed by atoms with Crippen LogP contribution in [0.15, 0.2) is 30.4 Å². The van der Waals surface area contributed by atoms with Crippen molar-refractivity contribution in [1.82, 2.24) is 9.80 Å². The number of halogens is 3. The van der Waals surface area contributed by atoms with Gasteiger partial charge in [0.05, 0.1) is 22.3 Å². The van der Waals surface area contributed by atoms with E-state index in [0.29, 0.717) is 18.9 Å². The van der Waals surface area contributed by atoms with Gasteiger partial charge in [-0.2, -0.15) is 13.2 Å². The zero-order valence-corrected chi connectivity index (χ0v) is 17.5. The molecular weight excluding hydrogens is 445 g/mol. The second kappa shape index (κ2) is 8.49. The minimum Gasteiger partial charge on any atom is -0.362 e. The van der Waals surface area contributed by atoms with Crippen LogP contribution in [0.5, 0.6) is 0 Å². The summed E-state index contributed by atoms with van der Waals surface area (Å²) in [5.41, 5.74) is -1.72. The van der Waals surface area contributed by atoms with Gasteiger partial charge in [0, 0.05) is 32.2 Å². The van der Waals surface area contributed by atoms with Crippen molar-refractivity contribution in [2.45, 2.75) is 19.0 Å². The molecule has 0 bridgehead atoms. The molecule has 9 nitrogen and oxygen atoms in total. The summed E-state index contributed by atoms with van der Waals surface area (Å²) in [6, 6.07) is 2.36. The number of nitro benzene ring substituents is 1. The third-order valence-electron chi connectivity index (χ3n) is 6.36. The number of likely N-dealkylation sites (tertiary alicyclic amines) is 1. The maximum Gasteiger partial charge on any atom is 0.416 e. The molecular formula is C21H21F3N4O5. The van der Waals surface area contributed by atoms with E-state index in [2.05, 4.69) is 0 Å². The first-order valence-corrected chi connectivity index (χ1v) is 10.5. The van der Waals surface area contributed by atoms with Gasteiger partial charge < -0.3 is 9.80 Å². The molecule has 2 unspecified atom stereocenters. The van der Waals surface area contributed by atoms with E-state index in [-0.39, 0.29) is 50.2 Å². The number of hydrogen-bond donors (Lipinski definition) is 0. The Morgan fingerprint density at radius 2 is 1.61 bits per heavy atom. The number of alkyl halides is 3. The number of hydrogen-bond acceptors (Lipinski definition) is 6. The van der Waals surface area contributed by atoms with E-state index in [9.17, 15) is 37.7 Å². The van der Waals surface area contributed by atoms with E-state index >= 15 is 0 Å². The molecule has 3 amide bonds. The summed E-state index contributed by atoms with van der Waals surface area (Å²) < 4.78 is 38.8. The quantitative estimate of drug-likeness (QED) is 0.292. The molecule has 0 N–H and O–H groups in total. The first kappa shape index (κ1) is 22.7. The summed E-state index contributed by atoms with van der Waals surface area (Å²) >= 11 is 0. The third kappa shape index (κ3) is 4.29. The Bertz CT molecular complexity index is 1010. The van der Waals surface area contributed by atoms with E-state index in [1.165, 1.54) is 4.90 Å². The van der Waals surface area contributed by atoms with Crippen LogP contribution in [0.1, 0.15) is 18.4 Å². The van der Waals surface area contributed by atoms with Crippen LogP contribution in [0.4, 0.5) is 24.5 Å². The van der Waals surface area contributed by atoms with Gasteiger partial charge in [0.2, 0.25) is 17.7 Å². The Labute approximate surface area is 186 Å². The maximum atomic E-state index is 12.9. The number of imide groups is 1. The lowest BCUT2D eigenvalue weighted by Crippen LogP contribution is -2.52. The average molecular weight is 466 g/mol. The van der Waals surface area contributed by atoms with Crippen molar-refractivity contribution in [3.8, 4) is 0 Å². The topological polar surface area (TPSA) is 104 Å². The number of allylic oxidation sites excluding steroid dienone is 2. The zero-order valence-electron chi connectivity index (χ0n) is 17.5. The lowest BCUT2D eigenvalue weighted by atomic mass is 9.85. The highest BCUT2D eigenvalue weighted by atomic mass is 19.4. The van der Waals surface area contributed by atoms with Crippen molar-refractivity contribution in [3.05, 3.63) is 46.0 Å². The van der Waals surface area contributed by atoms with Crippen LogP contribution >= 0.6 is 0 Å². The molecule has 0 radical (unpaired) electrons. The molecule has 3 aliphatic rings. The van der Waals surface area contributed by atoms with Crippen molar-refractivity contribution in [1.29, 1.82) is 0 Å². The molecule has 0 saturated carbocycles. The second-order valence-electron chi connectivity index (χ2n) is 8.24. The van der Waals surface area contributed by atoms with Gasteiger partial charge in [0.1, 0.15) is 12.2 Å². The SMILES string of the molecule is O=C(CN1C(=O)C2CC=CCC2C1=O)N1CCN(c2ccc(C(F)(F)F)cc2[N+](=O)[O-])CC1. The monoisotopic (exact) mass is 466 g/mol. The van der Waals surface area contributed by atoms with Crippen LogP contribution in [-0.2, 0) is 20.6 Å². The summed E-state index contributed by atoms with van der Waals surface area (Å²) in [5, 5.41) is 11.4. The highest BCUT2D eigenvalue weighted by Gasteiger charge is 2.48. The molecule has 1 aromatic carbocycles. The van der Waals surface area contributed by atoms with E-state index in [1.54, 1.807) is 4.90 Å². The molecule has 2 aliphatic heterocycles. The molecule has 1 aromatic rings. The molecule has 2 heterocycles. The van der Waals surface area contributed by atoms with Crippen molar-refractivity contribution in [2.24, 2.45) is 11.8 Å². The fourth-order valence-electron chi connectivity index (χ4n) is 4.57. The first-order valence-electron chi connectivity index (χ1n) is 10.5. The molecule has 1 aliphatic carbocycles. The van der Waals surface area contributed by atoms with Crippen LogP contribution in [0.2, 0.25) is 0 Å². The van der Waals surface area contributed by atoms with Gasteiger partial charge in [-0.15, -0.1) is 0 Å². The standard InChI is InChI=1S/C21H21F3N4O5/c22-21(23,24)13-5-6-16(17(11-13)28(32)33)25-7-9-26(10-8-25)18(29)12-27-19(30)14-3-1-2-4-15(14)20(27)31/h1-2,5-6,11,14-15H,3-4,7-10,12H2. The zero-order chi connectivity index (χ0) is 23.9. The molecule has 33 heavy (non-hydrogen) atoms. The first-order chi connectivity index (χ1) is 15.6. The van der Waals surface area contributed by atoms with Gasteiger partial charge in [0.25, 0.3) is 5.69 Å². The lowest BCUT2D eigenvalue weighted by molar-refractivity contribution is -0.384. The molecule has 2 saturated heterocycles. The summed E-state index contributed by atoms with van der Waals surface area (Å²) in [5.74, 6) is -1.95. The number of benzene rings is 1. The van der Waals surface area contributed by atoms with Crippen molar-refractivity contribution < 1.29 is 32.5 Å². The Morgan fingerprint density at radius 3 is 2.12 bits per heavy atom. The van der Waals surface area contributed by atoms with Crippen molar-refractivity contribution in [2.75, 3.05) is 37.6 Å². The minimum absolute atomic E-state index is 0.0431. The predicted octanol–water partition coefficient (Wildman–Crippen LogP) is 2.21. The average Bonchev–Trinajstić information content (AvgIpc) is 3.03. The van der Waals surface area contributed by atoms with E-state index in [4.69, 9.17) is 0 Å². The number of fused-ring (bicyclic) bond motifs is 1. The summed E-state index contributed by atoms with van der Waals surface area (Å²) in [4.78, 5) is 52.3. The number of piperazine rings is 1. The normalized spacial score (nSPS) is 23.2. The Hall–Kier alpha value is -3.44. The highest BCUT2D eigenvalue weighted by Crippen LogP contribution is 2.37. The predicted molar refractivity (Wildman–Crippen MR) is 109 cm³/mol. The smallest absolute Gasteiger partial charge is 0.362 e. The van der Waals surface area contributed by atoms with E-state index in [1.807, 2.05) is 12.2 Å². The van der Waals surface area contributed by atoms with Gasteiger partial charge in [0.15, 0.2) is 0 Å². The molecule has 12 heteroatoms. The maximum absolute atomic E-state index is 12.9. The summed E-state index contributed by atoms with van der Waals surface area (Å²) in [7, 11) is 0. The van der Waals surface area contributed by atoms with Crippen LogP contribution in [0, 0.1) is 22.0 Å². The van der Waals surface area contributed by atoms with Gasteiger partial charge in [-0.1, -0.05) is 12.2 Å². The molecule has 2 fully saturated rings. The Balaban J connectivity index is 1.40. The third-order valence-corrected chi connectivity index (χ3v) is 6.36. The van der Waals surface area contributed by atoms with Crippen LogP contribution in [0.3, 0.4) is 0 Å². The van der Waals surface area contributed by atoms with Crippen molar-refractivity contribution in [3.63, 3.8) is 0 Å². The lowest BCUT2D eigenvalue weighted by Gasteiger charge is -2.36. The molecule has 176 valence electrons. The number of rotatable bonds is 4. The number of amides is 3. The number of anilines is 1. The summed E-state index contributed by atoms with van der Waals surface area (Å²) in [6.07, 6.45) is -0.0317. The van der Waals surface area contributed by atoms with Crippen molar-refractivity contribution >= 4 is 29.1 Å². The minimum atomic E-state index is -4.70. The fourth-order valence-corrected chi connectivity index (χ4v) is 4.57. The van der Waals surface area contributed by atoms with Gasteiger partial charge >= 0.3 is 6.18 Å². The Kier molecular flexibility index (Phi) is 5.85. The Morgan fingerprint density at radius 1 is 1.03 bits per heavy atom. The second-order valence-corrected chi connectivity index (χ2v) is 8.24. The molecule has 2 atom stereocenters. The van der Waals surface area contributed by atoms with E-state index in [0.717, 1.165) is 17.0 Å². The number of nitrogens with zero attached hydrogens (tertiary/aromatic N) is 4. The molecule has 0 aromatic heterocycles. The van der Waals surface area contributed by atoms with Gasteiger partial charge in [-0.05, 0) is 25.0 Å². The number of carbonyl (C=O) groups is 3. The van der Waals surface area contributed by atoms with Gasteiger partial charge in [-0.25, -0.2) is 0 Å². The number of carbonyl (C=O) groups excluding carboxylic acids is 3. The van der Waals surface area contributed by atoms with E-state index < -0.39 is 40.1 Å².